The van der Waals surface area contributed by atoms with E-state index in [2.05, 4.69) is 0 Å². The fourth-order valence-electron chi connectivity index (χ4n) is 4.40. The van der Waals surface area contributed by atoms with E-state index < -0.39 is 33.3 Å². The van der Waals surface area contributed by atoms with E-state index in [9.17, 15) is 27.1 Å². The van der Waals surface area contributed by atoms with Crippen LogP contribution in [0.4, 0.5) is 5.69 Å². The molecule has 0 amide bonds. The van der Waals surface area contributed by atoms with E-state index in [-0.39, 0.29) is 32.7 Å². The molecule has 4 rings (SSSR count). The Hall–Kier alpha value is -3.03. The zero-order valence-corrected chi connectivity index (χ0v) is 21.9. The Bertz CT molecular complexity index is 1370. The van der Waals surface area contributed by atoms with Crippen molar-refractivity contribution < 1.29 is 31.8 Å². The summed E-state index contributed by atoms with van der Waals surface area (Å²) in [6.07, 6.45) is 1.11. The lowest BCUT2D eigenvalue weighted by Gasteiger charge is -2.37. The Labute approximate surface area is 218 Å². The first-order chi connectivity index (χ1) is 17.6. The van der Waals surface area contributed by atoms with Gasteiger partial charge in [-0.1, -0.05) is 42.5 Å². The molecule has 0 bridgehead atoms. The number of rotatable bonds is 10. The van der Waals surface area contributed by atoms with Crippen molar-refractivity contribution in [1.82, 2.24) is 9.21 Å². The van der Waals surface area contributed by atoms with E-state index in [4.69, 9.17) is 4.74 Å². The summed E-state index contributed by atoms with van der Waals surface area (Å²) >= 11 is -2.48. The third-order valence-corrected chi connectivity index (χ3v) is 8.43. The predicted octanol–water partition coefficient (Wildman–Crippen LogP) is 2.39. The van der Waals surface area contributed by atoms with Crippen LogP contribution in [0.1, 0.15) is 5.56 Å². The number of carboxylic acid groups (broad SMARTS) is 1. The maximum atomic E-state index is 12.2. The summed E-state index contributed by atoms with van der Waals surface area (Å²) < 4.78 is 53.9. The maximum Gasteiger partial charge on any atom is 0.322 e. The van der Waals surface area contributed by atoms with E-state index in [1.807, 2.05) is 42.5 Å². The molecule has 2 atom stereocenters. The van der Waals surface area contributed by atoms with E-state index in [1.54, 1.807) is 29.2 Å². The van der Waals surface area contributed by atoms with Crippen LogP contribution in [-0.2, 0) is 32.7 Å². The Balaban J connectivity index is 1.43. The highest BCUT2D eigenvalue weighted by Crippen LogP contribution is 2.24. The third kappa shape index (κ3) is 6.65. The van der Waals surface area contributed by atoms with Gasteiger partial charge in [-0.05, 0) is 40.6 Å². The van der Waals surface area contributed by atoms with Crippen LogP contribution in [0.15, 0.2) is 66.7 Å². The minimum absolute atomic E-state index is 0.160. The lowest BCUT2D eigenvalue weighted by molar-refractivity contribution is -0.143. The molecule has 0 aliphatic carbocycles. The minimum Gasteiger partial charge on any atom is -0.489 e. The smallest absolute Gasteiger partial charge is 0.322 e. The van der Waals surface area contributed by atoms with Gasteiger partial charge in [0.25, 0.3) is 11.3 Å². The largest absolute Gasteiger partial charge is 0.489 e. The molecule has 1 aliphatic heterocycles. The van der Waals surface area contributed by atoms with Crippen molar-refractivity contribution in [1.29, 1.82) is 0 Å². The molecule has 0 spiro atoms. The van der Waals surface area contributed by atoms with Gasteiger partial charge in [0, 0.05) is 26.2 Å². The van der Waals surface area contributed by atoms with Crippen molar-refractivity contribution in [3.8, 4) is 5.75 Å². The van der Waals surface area contributed by atoms with Crippen LogP contribution < -0.4 is 9.04 Å². The number of carboxylic acids is 1. The third-order valence-electron chi connectivity index (χ3n) is 6.39. The molecule has 0 saturated carbocycles. The van der Waals surface area contributed by atoms with Crippen molar-refractivity contribution in [2.24, 2.45) is 0 Å². The molecular formula is C25H29N3O7S2. The zero-order chi connectivity index (χ0) is 26.6. The van der Waals surface area contributed by atoms with Gasteiger partial charge in [0.1, 0.15) is 18.4 Å². The molecule has 3 aromatic rings. The van der Waals surface area contributed by atoms with Gasteiger partial charge in [-0.3, -0.25) is 18.6 Å². The summed E-state index contributed by atoms with van der Waals surface area (Å²) in [6.45, 7) is 0.819. The average molecular weight is 548 g/mol. The van der Waals surface area contributed by atoms with Crippen LogP contribution in [0.2, 0.25) is 0 Å². The van der Waals surface area contributed by atoms with E-state index in [0.29, 0.717) is 18.0 Å². The number of hydrogen-bond donors (Lipinski definition) is 2. The maximum absolute atomic E-state index is 12.2. The molecule has 2 N–H and O–H groups in total. The van der Waals surface area contributed by atoms with Gasteiger partial charge in [0.2, 0.25) is 10.0 Å². The van der Waals surface area contributed by atoms with Crippen LogP contribution in [0.3, 0.4) is 0 Å². The second kappa shape index (κ2) is 11.6. The van der Waals surface area contributed by atoms with Crippen molar-refractivity contribution in [3.63, 3.8) is 0 Å². The number of anilines is 1. The fourth-order valence-corrected chi connectivity index (χ4v) is 5.80. The molecule has 1 aliphatic rings. The van der Waals surface area contributed by atoms with E-state index in [0.717, 1.165) is 26.9 Å². The molecule has 2 unspecified atom stereocenters. The highest BCUT2D eigenvalue weighted by atomic mass is 32.2. The van der Waals surface area contributed by atoms with Gasteiger partial charge in [-0.15, -0.1) is 0 Å². The Morgan fingerprint density at radius 1 is 1.03 bits per heavy atom. The van der Waals surface area contributed by atoms with Crippen molar-refractivity contribution in [3.05, 3.63) is 72.3 Å². The minimum atomic E-state index is -3.36. The first kappa shape index (κ1) is 27.0. The summed E-state index contributed by atoms with van der Waals surface area (Å²) in [5.41, 5.74) is 1.39. The van der Waals surface area contributed by atoms with Gasteiger partial charge >= 0.3 is 5.97 Å². The summed E-state index contributed by atoms with van der Waals surface area (Å²) in [4.78, 5) is 13.6. The predicted molar refractivity (Wildman–Crippen MR) is 142 cm³/mol. The van der Waals surface area contributed by atoms with E-state index in [1.165, 1.54) is 4.31 Å². The number of piperazine rings is 1. The highest BCUT2D eigenvalue weighted by molar-refractivity contribution is 7.88. The fraction of sp³-hybridized carbons (Fsp3) is 0.320. The number of fused-ring (bicyclic) bond motifs is 1. The number of ether oxygens (including phenoxy) is 1. The average Bonchev–Trinajstić information content (AvgIpc) is 2.87. The molecule has 1 saturated heterocycles. The molecule has 0 radical (unpaired) electrons. The number of benzene rings is 3. The molecule has 1 heterocycles. The van der Waals surface area contributed by atoms with Crippen molar-refractivity contribution in [2.45, 2.75) is 12.6 Å². The number of hydrogen-bond acceptors (Lipinski definition) is 6. The summed E-state index contributed by atoms with van der Waals surface area (Å²) in [6, 6.07) is 19.5. The zero-order valence-electron chi connectivity index (χ0n) is 20.3. The van der Waals surface area contributed by atoms with Crippen LogP contribution in [0.5, 0.6) is 5.75 Å². The molecule has 0 aromatic heterocycles. The summed E-state index contributed by atoms with van der Waals surface area (Å²) in [5, 5.41) is 12.0. The standard InChI is InChI=1S/C25H29N3O7S2/c1-37(33,34)27-15-13-26(14-16-27)24(25(29)30)17-28(36(31)32)21-9-11-22(12-10-21)35-18-20-7-4-6-19-5-2-3-8-23(19)20/h2-12,24H,13-18H2,1H3,(H,29,30)(H,31,32). The van der Waals surface area contributed by atoms with Gasteiger partial charge in [-0.25, -0.2) is 12.6 Å². The van der Waals surface area contributed by atoms with E-state index >= 15 is 0 Å². The Kier molecular flexibility index (Phi) is 8.45. The van der Waals surface area contributed by atoms with Crippen LogP contribution >= 0.6 is 0 Å². The topological polar surface area (TPSA) is 128 Å². The summed E-state index contributed by atoms with van der Waals surface area (Å²) in [7, 11) is -3.36. The lowest BCUT2D eigenvalue weighted by atomic mass is 10.1. The second-order valence-corrected chi connectivity index (χ2v) is 11.6. The van der Waals surface area contributed by atoms with Gasteiger partial charge in [0.05, 0.1) is 18.5 Å². The quantitative estimate of drug-likeness (QED) is 0.371. The van der Waals surface area contributed by atoms with Gasteiger partial charge < -0.3 is 9.84 Å². The second-order valence-electron chi connectivity index (χ2n) is 8.76. The normalized spacial score (nSPS) is 16.8. The van der Waals surface area contributed by atoms with Crippen LogP contribution in [0, 0.1) is 0 Å². The van der Waals surface area contributed by atoms with Crippen LogP contribution in [-0.4, -0.2) is 82.5 Å². The number of carbonyl (C=O) groups is 1. The number of sulfonamides is 1. The summed E-state index contributed by atoms with van der Waals surface area (Å²) in [5.74, 6) is -0.592. The highest BCUT2D eigenvalue weighted by Gasteiger charge is 2.34. The molecule has 1 fully saturated rings. The first-order valence-corrected chi connectivity index (χ1v) is 14.5. The lowest BCUT2D eigenvalue weighted by Crippen LogP contribution is -2.57. The number of aliphatic carboxylic acids is 1. The van der Waals surface area contributed by atoms with Gasteiger partial charge in [-0.2, -0.15) is 4.31 Å². The molecule has 37 heavy (non-hydrogen) atoms. The molecular weight excluding hydrogens is 518 g/mol. The SMILES string of the molecule is CS(=O)(=O)N1CCN(C(CN(c2ccc(OCc3cccc4ccccc34)cc2)S(=O)O)C(=O)O)CC1. The number of nitrogens with zero attached hydrogens (tertiary/aromatic N) is 3. The monoisotopic (exact) mass is 547 g/mol. The van der Waals surface area contributed by atoms with Gasteiger partial charge in [0.15, 0.2) is 0 Å². The van der Waals surface area contributed by atoms with Crippen molar-refractivity contribution in [2.75, 3.05) is 43.3 Å². The molecule has 198 valence electrons. The Morgan fingerprint density at radius 2 is 1.68 bits per heavy atom. The molecule has 12 heteroatoms. The van der Waals surface area contributed by atoms with Crippen LogP contribution in [0.25, 0.3) is 10.8 Å². The Morgan fingerprint density at radius 3 is 2.30 bits per heavy atom. The first-order valence-electron chi connectivity index (χ1n) is 11.6. The van der Waals surface area contributed by atoms with Crippen molar-refractivity contribution >= 4 is 43.7 Å². The molecule has 3 aromatic carbocycles. The molecule has 10 nitrogen and oxygen atoms in total.